The Morgan fingerprint density at radius 3 is 2.44 bits per heavy atom. The Morgan fingerprint density at radius 1 is 1.06 bits per heavy atom. The second-order valence-corrected chi connectivity index (χ2v) is 8.91. The van der Waals surface area contributed by atoms with Gasteiger partial charge in [-0.2, -0.15) is 4.48 Å². The van der Waals surface area contributed by atoms with Crippen molar-refractivity contribution in [2.45, 2.75) is 38.1 Å². The third-order valence-corrected chi connectivity index (χ3v) is 7.22. The van der Waals surface area contributed by atoms with Crippen LogP contribution in [0.1, 0.15) is 32.1 Å². The highest BCUT2D eigenvalue weighted by molar-refractivity contribution is 5.85. The highest BCUT2D eigenvalue weighted by Gasteiger charge is 2.46. The number of methoxy groups -OCH3 is 1. The molecule has 4 rings (SSSR count). The van der Waals surface area contributed by atoms with Gasteiger partial charge in [0, 0.05) is 57.8 Å². The third kappa shape index (κ3) is 4.59. The number of primary amides is 1. The van der Waals surface area contributed by atoms with Gasteiger partial charge in [0.2, 0.25) is 5.82 Å². The van der Waals surface area contributed by atoms with E-state index in [0.717, 1.165) is 75.7 Å². The van der Waals surface area contributed by atoms with E-state index < -0.39 is 0 Å². The number of carbonyl (C=O) groups excluding carboxylic acids is 1. The highest BCUT2D eigenvalue weighted by atomic mass is 16.5. The number of rotatable bonds is 7. The van der Waals surface area contributed by atoms with E-state index >= 15 is 0 Å². The second-order valence-electron chi connectivity index (χ2n) is 8.91. The second kappa shape index (κ2) is 10.3. The van der Waals surface area contributed by atoms with Crippen LogP contribution >= 0.6 is 0 Å². The number of nitrogens with two attached hydrogens (primary N) is 1. The fourth-order valence-corrected chi connectivity index (χ4v) is 5.40. The number of carbonyl (C=O) groups is 1. The number of amides is 2. The first-order valence-corrected chi connectivity index (χ1v) is 11.8. The molecule has 1 aliphatic carbocycles. The smallest absolute Gasteiger partial charge is 0.420 e. The molecule has 2 aliphatic rings. The van der Waals surface area contributed by atoms with Crippen LogP contribution in [0.15, 0.2) is 48.7 Å². The third-order valence-electron chi connectivity index (χ3n) is 7.22. The number of pyridine rings is 1. The molecular formula is C25H36N5O2+. The van der Waals surface area contributed by atoms with Crippen LogP contribution in [0.5, 0.6) is 5.75 Å². The number of para-hydroxylation sites is 2. The minimum Gasteiger partial charge on any atom is -0.495 e. The molecule has 2 fully saturated rings. The number of urea groups is 1. The zero-order valence-electron chi connectivity index (χ0n) is 19.2. The number of hydrogen-bond acceptors (Lipinski definition) is 5. The highest BCUT2D eigenvalue weighted by Crippen LogP contribution is 2.33. The van der Waals surface area contributed by atoms with Crippen molar-refractivity contribution in [1.82, 2.24) is 14.4 Å². The van der Waals surface area contributed by atoms with Gasteiger partial charge in [0.05, 0.1) is 12.8 Å². The molecule has 1 atom stereocenters. The van der Waals surface area contributed by atoms with Crippen molar-refractivity contribution < 1.29 is 9.53 Å². The summed E-state index contributed by atoms with van der Waals surface area (Å²) < 4.78 is 5.72. The number of quaternary nitrogens is 1. The van der Waals surface area contributed by atoms with Crippen LogP contribution in [0.4, 0.5) is 16.3 Å². The van der Waals surface area contributed by atoms with E-state index in [1.807, 2.05) is 30.3 Å². The standard InChI is InChI=1S/C25H35N5O2/c1-32-23-12-6-5-11-22(23)29-17-15-28(16-18-29)19-20-30(25(26)31,21-9-3-2-4-10-21)24-13-7-8-14-27-24/h5-8,11-14,21H,2-4,9-10,15-20H2,1H3,(H-,26,31)/p+1. The van der Waals surface area contributed by atoms with Crippen molar-refractivity contribution in [1.29, 1.82) is 0 Å². The molecule has 2 heterocycles. The Hall–Kier alpha value is -2.64. The van der Waals surface area contributed by atoms with Crippen LogP contribution in [0.25, 0.3) is 0 Å². The Morgan fingerprint density at radius 2 is 1.78 bits per heavy atom. The number of ether oxygens (including phenoxy) is 1. The van der Waals surface area contributed by atoms with Crippen LogP contribution < -0.4 is 19.9 Å². The molecule has 2 N–H and O–H groups in total. The van der Waals surface area contributed by atoms with E-state index in [4.69, 9.17) is 10.5 Å². The summed E-state index contributed by atoms with van der Waals surface area (Å²) in [5.74, 6) is 1.71. The lowest BCUT2D eigenvalue weighted by molar-refractivity contribution is 0.144. The fourth-order valence-electron chi connectivity index (χ4n) is 5.40. The molecule has 7 nitrogen and oxygen atoms in total. The SMILES string of the molecule is COc1ccccc1N1CCN(CC[N+](C(N)=O)(c2ccccn2)C2CCCCC2)CC1. The van der Waals surface area contributed by atoms with E-state index in [1.54, 1.807) is 13.3 Å². The topological polar surface area (TPSA) is 71.7 Å². The van der Waals surface area contributed by atoms with E-state index in [-0.39, 0.29) is 16.6 Å². The molecule has 32 heavy (non-hydrogen) atoms. The lowest BCUT2D eigenvalue weighted by atomic mass is 9.92. The minimum absolute atomic E-state index is 0.174. The lowest BCUT2D eigenvalue weighted by Crippen LogP contribution is -2.66. The van der Waals surface area contributed by atoms with E-state index in [0.29, 0.717) is 6.54 Å². The molecule has 1 unspecified atom stereocenters. The normalized spacial score (nSPS) is 20.0. The lowest BCUT2D eigenvalue weighted by Gasteiger charge is -2.43. The molecule has 1 aromatic heterocycles. The van der Waals surface area contributed by atoms with Gasteiger partial charge >= 0.3 is 6.03 Å². The van der Waals surface area contributed by atoms with Crippen molar-refractivity contribution in [2.75, 3.05) is 51.3 Å². The first-order chi connectivity index (χ1) is 15.6. The first kappa shape index (κ1) is 22.6. The molecule has 2 amide bonds. The van der Waals surface area contributed by atoms with Crippen LogP contribution in [-0.2, 0) is 0 Å². The Bertz CT molecular complexity index is 879. The Balaban J connectivity index is 1.46. The zero-order chi connectivity index (χ0) is 22.4. The molecule has 7 heteroatoms. The quantitative estimate of drug-likeness (QED) is 0.669. The van der Waals surface area contributed by atoms with Crippen LogP contribution in [-0.4, -0.2) is 68.3 Å². The van der Waals surface area contributed by atoms with Gasteiger partial charge in [0.25, 0.3) is 0 Å². The summed E-state index contributed by atoms with van der Waals surface area (Å²) >= 11 is 0. The maximum absolute atomic E-state index is 13.0. The van der Waals surface area contributed by atoms with Gasteiger partial charge in [-0.15, -0.1) is 0 Å². The van der Waals surface area contributed by atoms with Gasteiger partial charge in [-0.1, -0.05) is 24.6 Å². The predicted octanol–water partition coefficient (Wildman–Crippen LogP) is 3.63. The number of piperazine rings is 1. The van der Waals surface area contributed by atoms with E-state index in [2.05, 4.69) is 26.9 Å². The molecule has 1 saturated heterocycles. The summed E-state index contributed by atoms with van der Waals surface area (Å²) in [7, 11) is 1.72. The Labute approximate surface area is 191 Å². The summed E-state index contributed by atoms with van der Waals surface area (Å²) in [5.41, 5.74) is 7.28. The minimum atomic E-state index is -0.275. The van der Waals surface area contributed by atoms with Gasteiger partial charge in [0.1, 0.15) is 18.3 Å². The first-order valence-electron chi connectivity index (χ1n) is 11.8. The van der Waals surface area contributed by atoms with E-state index in [1.165, 1.54) is 6.42 Å². The van der Waals surface area contributed by atoms with Gasteiger partial charge in [-0.25, -0.2) is 9.78 Å². The number of hydrogen-bond donors (Lipinski definition) is 1. The molecule has 2 aromatic rings. The summed E-state index contributed by atoms with van der Waals surface area (Å²) in [6, 6.07) is 14.0. The average Bonchev–Trinajstić information content (AvgIpc) is 2.86. The number of aromatic nitrogens is 1. The van der Waals surface area contributed by atoms with Gasteiger partial charge in [-0.05, 0) is 31.0 Å². The number of nitrogens with zero attached hydrogens (tertiary/aromatic N) is 4. The summed E-state index contributed by atoms with van der Waals surface area (Å²) in [5, 5.41) is 0. The van der Waals surface area contributed by atoms with Crippen molar-refractivity contribution in [3.63, 3.8) is 0 Å². The van der Waals surface area contributed by atoms with Crippen molar-refractivity contribution in [2.24, 2.45) is 5.73 Å². The summed E-state index contributed by atoms with van der Waals surface area (Å²) in [4.78, 5) is 22.5. The van der Waals surface area contributed by atoms with Crippen molar-refractivity contribution >= 4 is 17.5 Å². The maximum atomic E-state index is 13.0. The molecule has 0 spiro atoms. The average molecular weight is 439 g/mol. The van der Waals surface area contributed by atoms with Gasteiger partial charge in [0.15, 0.2) is 0 Å². The van der Waals surface area contributed by atoms with Crippen LogP contribution in [0.3, 0.4) is 0 Å². The van der Waals surface area contributed by atoms with Gasteiger partial charge in [-0.3, -0.25) is 4.90 Å². The zero-order valence-corrected chi connectivity index (χ0v) is 19.2. The van der Waals surface area contributed by atoms with Crippen LogP contribution in [0.2, 0.25) is 0 Å². The van der Waals surface area contributed by atoms with Crippen LogP contribution in [0, 0.1) is 0 Å². The molecule has 172 valence electrons. The molecule has 1 saturated carbocycles. The maximum Gasteiger partial charge on any atom is 0.420 e. The largest absolute Gasteiger partial charge is 0.495 e. The Kier molecular flexibility index (Phi) is 7.27. The predicted molar refractivity (Wildman–Crippen MR) is 129 cm³/mol. The van der Waals surface area contributed by atoms with E-state index in [9.17, 15) is 4.79 Å². The number of benzene rings is 1. The summed E-state index contributed by atoms with van der Waals surface area (Å²) in [6.45, 7) is 5.27. The molecule has 1 aromatic carbocycles. The fraction of sp³-hybridized carbons (Fsp3) is 0.520. The van der Waals surface area contributed by atoms with Crippen molar-refractivity contribution in [3.8, 4) is 5.75 Å². The molecular weight excluding hydrogens is 402 g/mol. The van der Waals surface area contributed by atoms with Crippen molar-refractivity contribution in [3.05, 3.63) is 48.7 Å². The molecule has 0 bridgehead atoms. The number of anilines is 1. The monoisotopic (exact) mass is 438 g/mol. The summed E-state index contributed by atoms with van der Waals surface area (Å²) in [6.07, 6.45) is 7.38. The molecule has 1 aliphatic heterocycles. The molecule has 0 radical (unpaired) electrons. The van der Waals surface area contributed by atoms with Gasteiger partial charge < -0.3 is 15.4 Å².